The average Bonchev–Trinajstić information content (AvgIpc) is 3.12. The van der Waals surface area contributed by atoms with E-state index in [0.29, 0.717) is 29.1 Å². The lowest BCUT2D eigenvalue weighted by Gasteiger charge is -2.10. The van der Waals surface area contributed by atoms with Crippen molar-refractivity contribution in [1.29, 1.82) is 0 Å². The summed E-state index contributed by atoms with van der Waals surface area (Å²) in [6.07, 6.45) is 6.70. The van der Waals surface area contributed by atoms with Gasteiger partial charge in [0.15, 0.2) is 11.5 Å². The molecule has 0 saturated heterocycles. The fourth-order valence-electron chi connectivity index (χ4n) is 2.72. The van der Waals surface area contributed by atoms with E-state index in [0.717, 1.165) is 18.6 Å². The minimum absolute atomic E-state index is 0.524. The Kier molecular flexibility index (Phi) is 5.28. The van der Waals surface area contributed by atoms with E-state index in [4.69, 9.17) is 9.47 Å². The number of aldehydes is 1. The molecular weight excluding hydrogens is 276 g/mol. The number of hydrogen-bond acceptors (Lipinski definition) is 3. The molecule has 0 heterocycles. The number of benzene rings is 1. The lowest BCUT2D eigenvalue weighted by Crippen LogP contribution is -1.98. The summed E-state index contributed by atoms with van der Waals surface area (Å²) < 4.78 is 11.0. The Bertz CT molecular complexity index is 558. The van der Waals surface area contributed by atoms with Crippen molar-refractivity contribution in [2.75, 3.05) is 13.7 Å². The van der Waals surface area contributed by atoms with Crippen LogP contribution in [0.15, 0.2) is 29.8 Å². The number of methoxy groups -OCH3 is 1. The number of carbonyl (C=O) groups excluding carboxylic acids is 1. The van der Waals surface area contributed by atoms with Crippen LogP contribution in [0.3, 0.4) is 0 Å². The molecule has 0 spiro atoms. The summed E-state index contributed by atoms with van der Waals surface area (Å²) in [6, 6.07) is 5.20. The van der Waals surface area contributed by atoms with Crippen LogP contribution in [0.4, 0.5) is 0 Å². The minimum atomic E-state index is 0.524. The van der Waals surface area contributed by atoms with Crippen LogP contribution in [0.5, 0.6) is 11.5 Å². The maximum absolute atomic E-state index is 10.8. The van der Waals surface area contributed by atoms with E-state index >= 15 is 0 Å². The Morgan fingerprint density at radius 3 is 2.68 bits per heavy atom. The Hall–Kier alpha value is -1.77. The number of hydrogen-bond donors (Lipinski definition) is 0. The van der Waals surface area contributed by atoms with Crippen molar-refractivity contribution in [2.45, 2.75) is 40.0 Å². The summed E-state index contributed by atoms with van der Waals surface area (Å²) >= 11 is 0. The lowest BCUT2D eigenvalue weighted by atomic mass is 10.0. The molecule has 0 aromatic heterocycles. The molecule has 1 saturated carbocycles. The molecule has 1 fully saturated rings. The van der Waals surface area contributed by atoms with Crippen LogP contribution in [0.25, 0.3) is 0 Å². The standard InChI is InChI=1S/C19H26O3/c1-14(5-7-16-12-19(16,2)3)9-10-22-17-8-6-15(13-20)11-18(17)21-4/h6,8-9,11,13,16H,5,7,10,12H2,1-4H3. The van der Waals surface area contributed by atoms with Gasteiger partial charge in [-0.25, -0.2) is 0 Å². The number of carbonyl (C=O) groups is 1. The van der Waals surface area contributed by atoms with E-state index in [1.54, 1.807) is 25.3 Å². The summed E-state index contributed by atoms with van der Waals surface area (Å²) in [4.78, 5) is 10.8. The summed E-state index contributed by atoms with van der Waals surface area (Å²) in [5, 5.41) is 0. The van der Waals surface area contributed by atoms with Crippen molar-refractivity contribution >= 4 is 6.29 Å². The van der Waals surface area contributed by atoms with E-state index in [9.17, 15) is 4.79 Å². The van der Waals surface area contributed by atoms with Crippen molar-refractivity contribution in [3.8, 4) is 11.5 Å². The number of allylic oxidation sites excluding steroid dienone is 1. The van der Waals surface area contributed by atoms with Gasteiger partial charge in [-0.3, -0.25) is 4.79 Å². The molecule has 0 bridgehead atoms. The smallest absolute Gasteiger partial charge is 0.161 e. The van der Waals surface area contributed by atoms with Gasteiger partial charge in [0.25, 0.3) is 0 Å². The van der Waals surface area contributed by atoms with Gasteiger partial charge in [0.05, 0.1) is 7.11 Å². The second-order valence-electron chi connectivity index (χ2n) is 6.82. The summed E-state index contributed by atoms with van der Waals surface area (Å²) in [7, 11) is 1.58. The third kappa shape index (κ3) is 4.36. The van der Waals surface area contributed by atoms with E-state index < -0.39 is 0 Å². The Balaban J connectivity index is 1.82. The fourth-order valence-corrected chi connectivity index (χ4v) is 2.72. The van der Waals surface area contributed by atoms with Gasteiger partial charge in [-0.05, 0) is 61.8 Å². The molecule has 0 N–H and O–H groups in total. The molecular formula is C19H26O3. The molecule has 1 atom stereocenters. The van der Waals surface area contributed by atoms with E-state index in [-0.39, 0.29) is 0 Å². The molecule has 120 valence electrons. The average molecular weight is 302 g/mol. The maximum Gasteiger partial charge on any atom is 0.161 e. The molecule has 0 radical (unpaired) electrons. The summed E-state index contributed by atoms with van der Waals surface area (Å²) in [6.45, 7) is 7.37. The molecule has 1 unspecified atom stereocenters. The van der Waals surface area contributed by atoms with Crippen LogP contribution < -0.4 is 9.47 Å². The molecule has 3 nitrogen and oxygen atoms in total. The van der Waals surface area contributed by atoms with Gasteiger partial charge in [-0.2, -0.15) is 0 Å². The molecule has 1 aliphatic rings. The first-order valence-electron chi connectivity index (χ1n) is 7.88. The van der Waals surface area contributed by atoms with Crippen LogP contribution in [0, 0.1) is 11.3 Å². The summed E-state index contributed by atoms with van der Waals surface area (Å²) in [5.74, 6) is 2.14. The molecule has 0 aliphatic heterocycles. The second kappa shape index (κ2) is 6.99. The third-order valence-corrected chi connectivity index (χ3v) is 4.60. The van der Waals surface area contributed by atoms with Crippen molar-refractivity contribution in [3.63, 3.8) is 0 Å². The van der Waals surface area contributed by atoms with Crippen LogP contribution in [-0.4, -0.2) is 20.0 Å². The zero-order valence-corrected chi connectivity index (χ0v) is 14.0. The van der Waals surface area contributed by atoms with Gasteiger partial charge in [0.2, 0.25) is 0 Å². The highest BCUT2D eigenvalue weighted by Crippen LogP contribution is 2.54. The highest BCUT2D eigenvalue weighted by atomic mass is 16.5. The minimum Gasteiger partial charge on any atom is -0.493 e. The van der Waals surface area contributed by atoms with E-state index in [1.807, 2.05) is 0 Å². The molecule has 1 aliphatic carbocycles. The number of ether oxygens (including phenoxy) is 2. The van der Waals surface area contributed by atoms with Gasteiger partial charge in [0.1, 0.15) is 12.9 Å². The lowest BCUT2D eigenvalue weighted by molar-refractivity contribution is 0.112. The van der Waals surface area contributed by atoms with Gasteiger partial charge in [-0.1, -0.05) is 19.4 Å². The first-order chi connectivity index (χ1) is 10.5. The monoisotopic (exact) mass is 302 g/mol. The largest absolute Gasteiger partial charge is 0.493 e. The molecule has 1 aromatic rings. The zero-order chi connectivity index (χ0) is 16.2. The van der Waals surface area contributed by atoms with Crippen LogP contribution >= 0.6 is 0 Å². The molecule has 1 aromatic carbocycles. The van der Waals surface area contributed by atoms with Gasteiger partial charge in [0, 0.05) is 5.56 Å². The van der Waals surface area contributed by atoms with Crippen molar-refractivity contribution in [2.24, 2.45) is 11.3 Å². The number of rotatable bonds is 8. The predicted molar refractivity (Wildman–Crippen MR) is 88.8 cm³/mol. The highest BCUT2D eigenvalue weighted by molar-refractivity contribution is 5.76. The van der Waals surface area contributed by atoms with Crippen molar-refractivity contribution in [3.05, 3.63) is 35.4 Å². The van der Waals surface area contributed by atoms with Crippen LogP contribution in [0.1, 0.15) is 50.4 Å². The van der Waals surface area contributed by atoms with E-state index in [2.05, 4.69) is 26.8 Å². The van der Waals surface area contributed by atoms with Crippen LogP contribution in [-0.2, 0) is 0 Å². The first-order valence-corrected chi connectivity index (χ1v) is 7.88. The third-order valence-electron chi connectivity index (χ3n) is 4.60. The Morgan fingerprint density at radius 1 is 1.36 bits per heavy atom. The summed E-state index contributed by atoms with van der Waals surface area (Å²) in [5.41, 5.74) is 2.51. The molecule has 0 amide bonds. The maximum atomic E-state index is 10.8. The molecule has 2 rings (SSSR count). The normalized spacial score (nSPS) is 19.6. The highest BCUT2D eigenvalue weighted by Gasteiger charge is 2.44. The quantitative estimate of drug-likeness (QED) is 0.517. The topological polar surface area (TPSA) is 35.5 Å². The first kappa shape index (κ1) is 16.6. The Labute approximate surface area is 133 Å². The van der Waals surface area contributed by atoms with Crippen molar-refractivity contribution < 1.29 is 14.3 Å². The van der Waals surface area contributed by atoms with Crippen molar-refractivity contribution in [1.82, 2.24) is 0 Å². The molecule has 3 heteroatoms. The predicted octanol–water partition coefficient (Wildman–Crippen LogP) is 4.66. The zero-order valence-electron chi connectivity index (χ0n) is 14.0. The van der Waals surface area contributed by atoms with Gasteiger partial charge in [-0.15, -0.1) is 0 Å². The molecule has 22 heavy (non-hydrogen) atoms. The Morgan fingerprint density at radius 2 is 2.09 bits per heavy atom. The fraction of sp³-hybridized carbons (Fsp3) is 0.526. The second-order valence-corrected chi connectivity index (χ2v) is 6.82. The SMILES string of the molecule is COc1cc(C=O)ccc1OCC=C(C)CCC1CC1(C)C. The van der Waals surface area contributed by atoms with Gasteiger partial charge >= 0.3 is 0 Å². The van der Waals surface area contributed by atoms with Crippen LogP contribution in [0.2, 0.25) is 0 Å². The van der Waals surface area contributed by atoms with E-state index in [1.165, 1.54) is 18.4 Å². The van der Waals surface area contributed by atoms with Gasteiger partial charge < -0.3 is 9.47 Å².